The number of unbranched alkanes of at least 4 members (excludes halogenated alkanes) is 2. The summed E-state index contributed by atoms with van der Waals surface area (Å²) < 4.78 is 4.74. The number of aliphatic hydroxyl groups is 1. The van der Waals surface area contributed by atoms with Gasteiger partial charge in [0.25, 0.3) is 0 Å². The molecule has 0 radical (unpaired) electrons. The van der Waals surface area contributed by atoms with E-state index in [0.29, 0.717) is 17.8 Å². The van der Waals surface area contributed by atoms with Crippen LogP contribution in [0.25, 0.3) is 6.08 Å². The summed E-state index contributed by atoms with van der Waals surface area (Å²) in [5, 5.41) is 10.6. The van der Waals surface area contributed by atoms with Crippen LogP contribution in [0.3, 0.4) is 0 Å². The van der Waals surface area contributed by atoms with Crippen LogP contribution in [-0.2, 0) is 16.0 Å². The number of rotatable bonds is 13. The first kappa shape index (κ1) is 26.9. The van der Waals surface area contributed by atoms with E-state index in [2.05, 4.69) is 31.2 Å². The second-order valence-electron chi connectivity index (χ2n) is 9.19. The number of carbonyl (C=O) groups is 2. The Bertz CT molecular complexity index is 997. The number of amides is 1. The van der Waals surface area contributed by atoms with Crippen molar-refractivity contribution in [1.82, 2.24) is 4.90 Å². The number of nitrogens with zero attached hydrogens (tertiary/aromatic N) is 1. The minimum Gasteiger partial charge on any atom is -0.465 e. The van der Waals surface area contributed by atoms with E-state index in [1.165, 1.54) is 30.4 Å². The zero-order valence-corrected chi connectivity index (χ0v) is 21.6. The molecule has 1 saturated heterocycles. The molecule has 3 atom stereocenters. The molecule has 0 saturated carbocycles. The third-order valence-corrected chi connectivity index (χ3v) is 7.58. The Morgan fingerprint density at radius 2 is 2.00 bits per heavy atom. The van der Waals surface area contributed by atoms with Gasteiger partial charge in [-0.1, -0.05) is 68.3 Å². The van der Waals surface area contributed by atoms with Crippen LogP contribution in [0.5, 0.6) is 0 Å². The van der Waals surface area contributed by atoms with Crippen molar-refractivity contribution in [2.45, 2.75) is 64.0 Å². The SMILES string of the molecule is COC(=O)c1ccc(C=CCN2C(=O)CC[C@@H]2C=C[C@@H](O)[C@@H](C)CCCCCc2ccccc2)s1. The monoisotopic (exact) mass is 495 g/mol. The van der Waals surface area contributed by atoms with Gasteiger partial charge in [-0.05, 0) is 55.4 Å². The molecule has 1 fully saturated rings. The molecule has 35 heavy (non-hydrogen) atoms. The highest BCUT2D eigenvalue weighted by Crippen LogP contribution is 2.23. The molecule has 3 rings (SSSR count). The zero-order chi connectivity index (χ0) is 25.0. The number of aryl methyl sites for hydroxylation is 1. The lowest BCUT2D eigenvalue weighted by atomic mass is 9.95. The lowest BCUT2D eigenvalue weighted by molar-refractivity contribution is -0.127. The fourth-order valence-electron chi connectivity index (χ4n) is 4.35. The topological polar surface area (TPSA) is 66.8 Å². The lowest BCUT2D eigenvalue weighted by Gasteiger charge is -2.22. The number of carbonyl (C=O) groups excluding carboxylic acids is 2. The summed E-state index contributed by atoms with van der Waals surface area (Å²) in [6.07, 6.45) is 14.1. The Balaban J connectivity index is 1.41. The Kier molecular flexibility index (Phi) is 10.8. The van der Waals surface area contributed by atoms with E-state index in [-0.39, 0.29) is 23.8 Å². The zero-order valence-electron chi connectivity index (χ0n) is 20.8. The van der Waals surface area contributed by atoms with Gasteiger partial charge in [0.2, 0.25) is 5.91 Å². The number of benzene rings is 1. The average molecular weight is 496 g/mol. The minimum absolute atomic E-state index is 0.00818. The van der Waals surface area contributed by atoms with Gasteiger partial charge in [-0.3, -0.25) is 4.79 Å². The van der Waals surface area contributed by atoms with Crippen molar-refractivity contribution in [3.8, 4) is 0 Å². The second-order valence-corrected chi connectivity index (χ2v) is 10.3. The van der Waals surface area contributed by atoms with Gasteiger partial charge in [0.05, 0.1) is 19.3 Å². The summed E-state index contributed by atoms with van der Waals surface area (Å²) >= 11 is 1.36. The Morgan fingerprint density at radius 1 is 1.20 bits per heavy atom. The van der Waals surface area contributed by atoms with Crippen molar-refractivity contribution in [2.24, 2.45) is 5.92 Å². The first-order chi connectivity index (χ1) is 17.0. The van der Waals surface area contributed by atoms with Crippen molar-refractivity contribution < 1.29 is 19.4 Å². The molecular formula is C29H37NO4S. The van der Waals surface area contributed by atoms with Crippen LogP contribution >= 0.6 is 11.3 Å². The minimum atomic E-state index is -0.500. The molecule has 2 heterocycles. The fraction of sp³-hybridized carbons (Fsp3) is 0.448. The van der Waals surface area contributed by atoms with Gasteiger partial charge in [-0.15, -0.1) is 11.3 Å². The third kappa shape index (κ3) is 8.48. The molecule has 1 aromatic heterocycles. The molecule has 0 bridgehead atoms. The smallest absolute Gasteiger partial charge is 0.348 e. The van der Waals surface area contributed by atoms with Gasteiger partial charge in [0.15, 0.2) is 0 Å². The number of likely N-dealkylation sites (tertiary alicyclic amines) is 1. The van der Waals surface area contributed by atoms with E-state index in [4.69, 9.17) is 4.74 Å². The molecule has 188 valence electrons. The molecule has 1 N–H and O–H groups in total. The molecule has 1 aliphatic rings. The van der Waals surface area contributed by atoms with E-state index >= 15 is 0 Å². The molecule has 0 spiro atoms. The molecule has 5 nitrogen and oxygen atoms in total. The van der Waals surface area contributed by atoms with E-state index in [9.17, 15) is 14.7 Å². The maximum atomic E-state index is 12.4. The summed E-state index contributed by atoms with van der Waals surface area (Å²) in [7, 11) is 1.37. The van der Waals surface area contributed by atoms with E-state index in [1.54, 1.807) is 6.07 Å². The molecule has 1 aromatic carbocycles. The summed E-state index contributed by atoms with van der Waals surface area (Å²) in [6, 6.07) is 14.2. The number of thiophene rings is 1. The van der Waals surface area contributed by atoms with Crippen LogP contribution in [0, 0.1) is 5.92 Å². The Labute approximate surface area is 213 Å². The first-order valence-corrected chi connectivity index (χ1v) is 13.3. The van der Waals surface area contributed by atoms with Crippen molar-refractivity contribution in [2.75, 3.05) is 13.7 Å². The molecule has 6 heteroatoms. The van der Waals surface area contributed by atoms with Crippen molar-refractivity contribution in [3.63, 3.8) is 0 Å². The van der Waals surface area contributed by atoms with Gasteiger partial charge in [0, 0.05) is 17.8 Å². The second kappa shape index (κ2) is 14.0. The fourth-order valence-corrected chi connectivity index (χ4v) is 5.20. The van der Waals surface area contributed by atoms with Crippen LogP contribution in [0.15, 0.2) is 60.7 Å². The van der Waals surface area contributed by atoms with E-state index < -0.39 is 6.10 Å². The third-order valence-electron chi connectivity index (χ3n) is 6.55. The molecule has 0 unspecified atom stereocenters. The maximum Gasteiger partial charge on any atom is 0.348 e. The van der Waals surface area contributed by atoms with Crippen LogP contribution in [0.2, 0.25) is 0 Å². The number of esters is 1. The number of ether oxygens (including phenoxy) is 1. The highest BCUT2D eigenvalue weighted by molar-refractivity contribution is 7.14. The quantitative estimate of drug-likeness (QED) is 0.214. The normalized spacial score (nSPS) is 18.0. The number of hydrogen-bond acceptors (Lipinski definition) is 5. The van der Waals surface area contributed by atoms with E-state index in [1.807, 2.05) is 41.3 Å². The van der Waals surface area contributed by atoms with Crippen LogP contribution in [0.1, 0.15) is 65.6 Å². The van der Waals surface area contributed by atoms with Crippen LogP contribution in [-0.4, -0.2) is 47.7 Å². The Morgan fingerprint density at radius 3 is 2.77 bits per heavy atom. The van der Waals surface area contributed by atoms with Crippen molar-refractivity contribution in [1.29, 1.82) is 0 Å². The largest absolute Gasteiger partial charge is 0.465 e. The molecule has 0 aliphatic carbocycles. The van der Waals surface area contributed by atoms with Crippen molar-refractivity contribution >= 4 is 29.3 Å². The maximum absolute atomic E-state index is 12.4. The molecular weight excluding hydrogens is 458 g/mol. The lowest BCUT2D eigenvalue weighted by Crippen LogP contribution is -2.32. The summed E-state index contributed by atoms with van der Waals surface area (Å²) in [5.41, 5.74) is 1.38. The molecule has 2 aromatic rings. The standard InChI is InChI=1S/C29H37NO4S/c1-22(10-5-3-6-11-23-12-7-4-8-13-23)26(31)18-15-24-16-20-28(32)30(24)21-9-14-25-17-19-27(35-25)29(33)34-2/h4,7-9,12-15,17-19,22,24,26,31H,3,5-6,10-11,16,20-21H2,1-2H3/t22-,24-,26+/m0/s1. The highest BCUT2D eigenvalue weighted by atomic mass is 32.1. The molecule has 1 amide bonds. The average Bonchev–Trinajstić information content (AvgIpc) is 3.49. The van der Waals surface area contributed by atoms with Crippen LogP contribution in [0.4, 0.5) is 0 Å². The predicted octanol–water partition coefficient (Wildman–Crippen LogP) is 5.90. The number of methoxy groups -OCH3 is 1. The highest BCUT2D eigenvalue weighted by Gasteiger charge is 2.28. The van der Waals surface area contributed by atoms with Crippen molar-refractivity contribution in [3.05, 3.63) is 76.0 Å². The van der Waals surface area contributed by atoms with Gasteiger partial charge >= 0.3 is 5.97 Å². The number of hydrogen-bond donors (Lipinski definition) is 1. The van der Waals surface area contributed by atoms with Gasteiger partial charge < -0.3 is 14.7 Å². The van der Waals surface area contributed by atoms with E-state index in [0.717, 1.165) is 37.0 Å². The van der Waals surface area contributed by atoms with Gasteiger partial charge in [0.1, 0.15) is 4.88 Å². The van der Waals surface area contributed by atoms with Crippen LogP contribution < -0.4 is 0 Å². The summed E-state index contributed by atoms with van der Waals surface area (Å²) in [6.45, 7) is 2.60. The summed E-state index contributed by atoms with van der Waals surface area (Å²) in [4.78, 5) is 27.3. The van der Waals surface area contributed by atoms with Gasteiger partial charge in [-0.2, -0.15) is 0 Å². The summed E-state index contributed by atoms with van der Waals surface area (Å²) in [5.74, 6) is -0.0162. The molecule has 1 aliphatic heterocycles. The Hall–Kier alpha value is -2.70. The van der Waals surface area contributed by atoms with Gasteiger partial charge in [-0.25, -0.2) is 4.79 Å². The predicted molar refractivity (Wildman–Crippen MR) is 142 cm³/mol. The first-order valence-electron chi connectivity index (χ1n) is 12.5. The number of aliphatic hydroxyl groups excluding tert-OH is 1.